The highest BCUT2D eigenvalue weighted by atomic mass is 19.1. The van der Waals surface area contributed by atoms with Gasteiger partial charge in [-0.3, -0.25) is 4.79 Å². The van der Waals surface area contributed by atoms with Crippen LogP contribution in [-0.2, 0) is 4.79 Å². The van der Waals surface area contributed by atoms with Crippen molar-refractivity contribution in [2.24, 2.45) is 5.73 Å². The molecule has 1 rings (SSSR count). The molecule has 0 saturated heterocycles. The lowest BCUT2D eigenvalue weighted by molar-refractivity contribution is -0.116. The molecule has 0 spiro atoms. The molecule has 5 heteroatoms. The van der Waals surface area contributed by atoms with Gasteiger partial charge in [-0.2, -0.15) is 5.26 Å². The normalized spacial score (nSPS) is 9.14. The van der Waals surface area contributed by atoms with E-state index in [0.717, 1.165) is 6.07 Å². The fourth-order valence-electron chi connectivity index (χ4n) is 0.945. The molecule has 0 bridgehead atoms. The van der Waals surface area contributed by atoms with Crippen LogP contribution in [0.5, 0.6) is 0 Å². The summed E-state index contributed by atoms with van der Waals surface area (Å²) in [4.78, 5) is 10.4. The SMILES string of the molecule is N#Cc1cc(F)ccc1NCC(N)=O. The first-order valence-corrected chi connectivity index (χ1v) is 3.85. The summed E-state index contributed by atoms with van der Waals surface area (Å²) >= 11 is 0. The van der Waals surface area contributed by atoms with E-state index in [1.165, 1.54) is 12.1 Å². The molecule has 0 aliphatic rings. The van der Waals surface area contributed by atoms with Gasteiger partial charge in [0.05, 0.1) is 17.8 Å². The maximum absolute atomic E-state index is 12.7. The Morgan fingerprint density at radius 2 is 2.36 bits per heavy atom. The summed E-state index contributed by atoms with van der Waals surface area (Å²) in [5.41, 5.74) is 5.44. The number of nitrogens with zero attached hydrogens (tertiary/aromatic N) is 1. The number of hydrogen-bond donors (Lipinski definition) is 2. The first-order valence-electron chi connectivity index (χ1n) is 3.85. The smallest absolute Gasteiger partial charge is 0.236 e. The Hall–Kier alpha value is -2.09. The molecule has 0 fully saturated rings. The number of nitrogens with one attached hydrogen (secondary N) is 1. The van der Waals surface area contributed by atoms with Gasteiger partial charge in [0.15, 0.2) is 0 Å². The summed E-state index contributed by atoms with van der Waals surface area (Å²) in [7, 11) is 0. The largest absolute Gasteiger partial charge is 0.375 e. The van der Waals surface area contributed by atoms with Crippen LogP contribution in [0.15, 0.2) is 18.2 Å². The molecule has 0 heterocycles. The number of nitriles is 1. The molecule has 72 valence electrons. The minimum Gasteiger partial charge on any atom is -0.375 e. The lowest BCUT2D eigenvalue weighted by atomic mass is 10.2. The molecule has 0 atom stereocenters. The van der Waals surface area contributed by atoms with E-state index < -0.39 is 11.7 Å². The number of rotatable bonds is 3. The van der Waals surface area contributed by atoms with Gasteiger partial charge in [0.1, 0.15) is 11.9 Å². The Kier molecular flexibility index (Phi) is 3.02. The molecule has 0 radical (unpaired) electrons. The highest BCUT2D eigenvalue weighted by Gasteiger charge is 2.03. The van der Waals surface area contributed by atoms with E-state index in [0.29, 0.717) is 5.69 Å². The predicted molar refractivity (Wildman–Crippen MR) is 48.8 cm³/mol. The number of carbonyl (C=O) groups is 1. The summed E-state index contributed by atoms with van der Waals surface area (Å²) in [5.74, 6) is -1.04. The molecule has 3 N–H and O–H groups in total. The van der Waals surface area contributed by atoms with Gasteiger partial charge in [0.25, 0.3) is 0 Å². The van der Waals surface area contributed by atoms with Crippen LogP contribution in [-0.4, -0.2) is 12.5 Å². The number of primary amides is 1. The molecule has 0 aromatic heterocycles. The van der Waals surface area contributed by atoms with Crippen LogP contribution in [0.3, 0.4) is 0 Å². The number of benzene rings is 1. The summed E-state index contributed by atoms with van der Waals surface area (Å²) in [6.45, 7) is -0.0830. The molecule has 0 aliphatic heterocycles. The van der Waals surface area contributed by atoms with E-state index in [2.05, 4.69) is 5.32 Å². The maximum Gasteiger partial charge on any atom is 0.236 e. The van der Waals surface area contributed by atoms with Crippen molar-refractivity contribution in [1.29, 1.82) is 5.26 Å². The highest BCUT2D eigenvalue weighted by molar-refractivity contribution is 5.79. The van der Waals surface area contributed by atoms with Gasteiger partial charge in [-0.25, -0.2) is 4.39 Å². The minimum absolute atomic E-state index is 0.0830. The number of anilines is 1. The molecule has 0 aliphatic carbocycles. The second kappa shape index (κ2) is 4.23. The van der Waals surface area contributed by atoms with Gasteiger partial charge in [-0.05, 0) is 18.2 Å². The number of halogens is 1. The molecule has 1 aromatic carbocycles. The monoisotopic (exact) mass is 193 g/mol. The van der Waals surface area contributed by atoms with Gasteiger partial charge < -0.3 is 11.1 Å². The van der Waals surface area contributed by atoms with Crippen molar-refractivity contribution >= 4 is 11.6 Å². The van der Waals surface area contributed by atoms with E-state index in [9.17, 15) is 9.18 Å². The van der Waals surface area contributed by atoms with E-state index >= 15 is 0 Å². The zero-order valence-electron chi connectivity index (χ0n) is 7.25. The fraction of sp³-hybridized carbons (Fsp3) is 0.111. The third-order valence-electron chi connectivity index (χ3n) is 1.56. The van der Waals surface area contributed by atoms with Crippen LogP contribution in [0.2, 0.25) is 0 Å². The Labute approximate surface area is 80.1 Å². The standard InChI is InChI=1S/C9H8FN3O/c10-7-1-2-8(6(3-7)4-11)13-5-9(12)14/h1-3,13H,5H2,(H2,12,14). The summed E-state index contributed by atoms with van der Waals surface area (Å²) in [6, 6.07) is 5.48. The van der Waals surface area contributed by atoms with Crippen LogP contribution in [0.25, 0.3) is 0 Å². The first-order chi connectivity index (χ1) is 6.63. The molecular formula is C9H8FN3O. The van der Waals surface area contributed by atoms with Crippen molar-refractivity contribution in [2.75, 3.05) is 11.9 Å². The average Bonchev–Trinajstić information content (AvgIpc) is 2.15. The third kappa shape index (κ3) is 2.45. The van der Waals surface area contributed by atoms with Crippen LogP contribution in [0, 0.1) is 17.1 Å². The van der Waals surface area contributed by atoms with Gasteiger partial charge in [0.2, 0.25) is 5.91 Å². The van der Waals surface area contributed by atoms with E-state index in [-0.39, 0.29) is 12.1 Å². The summed E-state index contributed by atoms with van der Waals surface area (Å²) in [5, 5.41) is 11.3. The highest BCUT2D eigenvalue weighted by Crippen LogP contribution is 2.15. The van der Waals surface area contributed by atoms with E-state index in [1.54, 1.807) is 6.07 Å². The minimum atomic E-state index is -0.543. The second-order valence-corrected chi connectivity index (χ2v) is 2.62. The Morgan fingerprint density at radius 1 is 1.64 bits per heavy atom. The average molecular weight is 193 g/mol. The molecule has 0 saturated carbocycles. The zero-order chi connectivity index (χ0) is 10.6. The molecule has 0 unspecified atom stereocenters. The quantitative estimate of drug-likeness (QED) is 0.737. The van der Waals surface area contributed by atoms with Gasteiger partial charge >= 0.3 is 0 Å². The maximum atomic E-state index is 12.7. The molecule has 14 heavy (non-hydrogen) atoms. The topological polar surface area (TPSA) is 78.9 Å². The van der Waals surface area contributed by atoms with Crippen molar-refractivity contribution in [3.05, 3.63) is 29.6 Å². The number of amides is 1. The van der Waals surface area contributed by atoms with Gasteiger partial charge in [-0.1, -0.05) is 0 Å². The first kappa shape index (κ1) is 9.99. The van der Waals surface area contributed by atoms with Crippen molar-refractivity contribution in [3.63, 3.8) is 0 Å². The van der Waals surface area contributed by atoms with Crippen molar-refractivity contribution in [2.45, 2.75) is 0 Å². The Bertz CT molecular complexity index is 398. The third-order valence-corrected chi connectivity index (χ3v) is 1.56. The summed E-state index contributed by atoms with van der Waals surface area (Å²) < 4.78 is 12.7. The van der Waals surface area contributed by atoms with Crippen molar-refractivity contribution in [1.82, 2.24) is 0 Å². The van der Waals surface area contributed by atoms with Gasteiger partial charge in [-0.15, -0.1) is 0 Å². The Morgan fingerprint density at radius 3 is 2.93 bits per heavy atom. The Balaban J connectivity index is 2.87. The van der Waals surface area contributed by atoms with Crippen LogP contribution in [0.1, 0.15) is 5.56 Å². The number of nitrogens with two attached hydrogens (primary N) is 1. The van der Waals surface area contributed by atoms with Crippen molar-refractivity contribution < 1.29 is 9.18 Å². The zero-order valence-corrected chi connectivity index (χ0v) is 7.25. The van der Waals surface area contributed by atoms with Gasteiger partial charge in [0, 0.05) is 0 Å². The number of carbonyl (C=O) groups excluding carboxylic acids is 1. The number of hydrogen-bond acceptors (Lipinski definition) is 3. The predicted octanol–water partition coefficient (Wildman–Crippen LogP) is 0.595. The summed E-state index contributed by atoms with van der Waals surface area (Å²) in [6.07, 6.45) is 0. The van der Waals surface area contributed by atoms with E-state index in [1.807, 2.05) is 0 Å². The van der Waals surface area contributed by atoms with Crippen molar-refractivity contribution in [3.8, 4) is 6.07 Å². The van der Waals surface area contributed by atoms with Crippen LogP contribution >= 0.6 is 0 Å². The molecule has 1 amide bonds. The van der Waals surface area contributed by atoms with Crippen LogP contribution < -0.4 is 11.1 Å². The fourth-order valence-corrected chi connectivity index (χ4v) is 0.945. The van der Waals surface area contributed by atoms with Crippen LogP contribution in [0.4, 0.5) is 10.1 Å². The van der Waals surface area contributed by atoms with E-state index in [4.69, 9.17) is 11.0 Å². The lowest BCUT2D eigenvalue weighted by Crippen LogP contribution is -2.22. The molecule has 1 aromatic rings. The molecule has 4 nitrogen and oxygen atoms in total. The molecular weight excluding hydrogens is 185 g/mol. The lowest BCUT2D eigenvalue weighted by Gasteiger charge is -2.05. The second-order valence-electron chi connectivity index (χ2n) is 2.62.